The highest BCUT2D eigenvalue weighted by Crippen LogP contribution is 2.25. The second kappa shape index (κ2) is 16.8. The molecule has 0 saturated carbocycles. The summed E-state index contributed by atoms with van der Waals surface area (Å²) in [5.74, 6) is -0.656. The fourth-order valence-electron chi connectivity index (χ4n) is 3.50. The highest BCUT2D eigenvalue weighted by molar-refractivity contribution is 5.92. The fraction of sp³-hybridized carbons (Fsp3) is 0.212. The van der Waals surface area contributed by atoms with E-state index in [1.807, 2.05) is 0 Å². The molecule has 0 heterocycles. The van der Waals surface area contributed by atoms with Crippen molar-refractivity contribution in [3.8, 4) is 23.0 Å². The summed E-state index contributed by atoms with van der Waals surface area (Å²) < 4.78 is 31.9. The van der Waals surface area contributed by atoms with E-state index in [0.717, 1.165) is 17.7 Å². The van der Waals surface area contributed by atoms with Crippen LogP contribution in [0.2, 0.25) is 0 Å². The number of carbonyl (C=O) groups is 4. The van der Waals surface area contributed by atoms with Gasteiger partial charge < -0.3 is 28.4 Å². The molecule has 0 aliphatic heterocycles. The second-order valence-corrected chi connectivity index (χ2v) is 8.96. The van der Waals surface area contributed by atoms with Crippen molar-refractivity contribution in [1.82, 2.24) is 0 Å². The standard InChI is InChI=1S/C33H32O10/c1-4-30(34)40-18-6-16-38-26-12-8-24(9-13-26)32(36)42-28-20-23(3)21-29(22-28)43-33(37)25-10-14-27(15-11-25)39-17-7-19-41-31(35)5-2/h4-5,8-15,20-22H,1-2,6-7,16-19H2,3H3. The lowest BCUT2D eigenvalue weighted by molar-refractivity contribution is -0.138. The van der Waals surface area contributed by atoms with Gasteiger partial charge in [-0.05, 0) is 73.2 Å². The summed E-state index contributed by atoms with van der Waals surface area (Å²) >= 11 is 0. The van der Waals surface area contributed by atoms with Crippen LogP contribution in [0.3, 0.4) is 0 Å². The molecule has 3 aromatic carbocycles. The van der Waals surface area contributed by atoms with Crippen LogP contribution >= 0.6 is 0 Å². The van der Waals surface area contributed by atoms with E-state index < -0.39 is 23.9 Å². The summed E-state index contributed by atoms with van der Waals surface area (Å²) in [5, 5.41) is 0. The molecule has 0 saturated heterocycles. The molecule has 0 bridgehead atoms. The third-order valence-corrected chi connectivity index (χ3v) is 5.56. The molecule has 0 unspecified atom stereocenters. The van der Waals surface area contributed by atoms with Crippen LogP contribution in [0.4, 0.5) is 0 Å². The van der Waals surface area contributed by atoms with Crippen LogP contribution in [0.1, 0.15) is 39.1 Å². The summed E-state index contributed by atoms with van der Waals surface area (Å²) in [6.07, 6.45) is 3.20. The van der Waals surface area contributed by atoms with Crippen molar-refractivity contribution in [2.24, 2.45) is 0 Å². The molecule has 0 spiro atoms. The maximum absolute atomic E-state index is 12.7. The van der Waals surface area contributed by atoms with E-state index in [1.165, 1.54) is 6.07 Å². The first-order valence-electron chi connectivity index (χ1n) is 13.4. The molecule has 3 rings (SSSR count). The van der Waals surface area contributed by atoms with Gasteiger partial charge in [0.05, 0.1) is 37.6 Å². The first-order chi connectivity index (χ1) is 20.8. The van der Waals surface area contributed by atoms with E-state index in [-0.39, 0.29) is 24.7 Å². The number of carbonyl (C=O) groups excluding carboxylic acids is 4. The van der Waals surface area contributed by atoms with Crippen molar-refractivity contribution in [3.63, 3.8) is 0 Å². The fourth-order valence-corrected chi connectivity index (χ4v) is 3.50. The van der Waals surface area contributed by atoms with Crippen molar-refractivity contribution in [1.29, 1.82) is 0 Å². The lowest BCUT2D eigenvalue weighted by Crippen LogP contribution is -2.11. The van der Waals surface area contributed by atoms with Gasteiger partial charge in [0.25, 0.3) is 0 Å². The molecule has 0 aliphatic carbocycles. The zero-order valence-electron chi connectivity index (χ0n) is 23.7. The average Bonchev–Trinajstić information content (AvgIpc) is 3.00. The van der Waals surface area contributed by atoms with Gasteiger partial charge in [-0.15, -0.1) is 0 Å². The monoisotopic (exact) mass is 588 g/mol. The molecule has 10 heteroatoms. The molecule has 0 atom stereocenters. The predicted molar refractivity (Wildman–Crippen MR) is 157 cm³/mol. The molecule has 0 aromatic heterocycles. The number of esters is 4. The van der Waals surface area contributed by atoms with Crippen LogP contribution in [0.15, 0.2) is 92.0 Å². The van der Waals surface area contributed by atoms with Gasteiger partial charge in [-0.25, -0.2) is 19.2 Å². The minimum atomic E-state index is -0.597. The average molecular weight is 589 g/mol. The minimum Gasteiger partial charge on any atom is -0.493 e. The number of rotatable bonds is 16. The molecule has 10 nitrogen and oxygen atoms in total. The maximum atomic E-state index is 12.7. The number of hydrogen-bond donors (Lipinski definition) is 0. The van der Waals surface area contributed by atoms with E-state index in [9.17, 15) is 19.2 Å². The Morgan fingerprint density at radius 1 is 0.581 bits per heavy atom. The molecule has 0 fully saturated rings. The van der Waals surface area contributed by atoms with E-state index in [4.69, 9.17) is 28.4 Å². The first kappa shape index (κ1) is 32.1. The number of hydrogen-bond acceptors (Lipinski definition) is 10. The lowest BCUT2D eigenvalue weighted by atomic mass is 10.2. The van der Waals surface area contributed by atoms with Crippen LogP contribution < -0.4 is 18.9 Å². The smallest absolute Gasteiger partial charge is 0.343 e. The minimum absolute atomic E-state index is 0.212. The van der Waals surface area contributed by atoms with Gasteiger partial charge in [-0.2, -0.15) is 0 Å². The molecule has 0 amide bonds. The summed E-state index contributed by atoms with van der Waals surface area (Å²) in [5.41, 5.74) is 1.32. The van der Waals surface area contributed by atoms with Crippen molar-refractivity contribution >= 4 is 23.9 Å². The Labute approximate surface area is 249 Å². The molecule has 43 heavy (non-hydrogen) atoms. The Hall–Kier alpha value is -5.38. The Morgan fingerprint density at radius 3 is 1.35 bits per heavy atom. The van der Waals surface area contributed by atoms with Crippen molar-refractivity contribution in [2.45, 2.75) is 19.8 Å². The molecular weight excluding hydrogens is 556 g/mol. The topological polar surface area (TPSA) is 124 Å². The van der Waals surface area contributed by atoms with Gasteiger partial charge >= 0.3 is 23.9 Å². The van der Waals surface area contributed by atoms with E-state index in [2.05, 4.69) is 13.2 Å². The van der Waals surface area contributed by atoms with Crippen LogP contribution in [-0.2, 0) is 19.1 Å². The third-order valence-electron chi connectivity index (χ3n) is 5.56. The zero-order chi connectivity index (χ0) is 31.0. The molecule has 0 N–H and O–H groups in total. The van der Waals surface area contributed by atoms with Crippen molar-refractivity contribution in [3.05, 3.63) is 109 Å². The number of benzene rings is 3. The lowest BCUT2D eigenvalue weighted by Gasteiger charge is -2.10. The van der Waals surface area contributed by atoms with Gasteiger partial charge in [-0.3, -0.25) is 0 Å². The van der Waals surface area contributed by atoms with Crippen LogP contribution in [0.25, 0.3) is 0 Å². The van der Waals surface area contributed by atoms with Crippen LogP contribution in [-0.4, -0.2) is 50.3 Å². The van der Waals surface area contributed by atoms with Crippen molar-refractivity contribution in [2.75, 3.05) is 26.4 Å². The molecule has 0 radical (unpaired) electrons. The summed E-state index contributed by atoms with van der Waals surface area (Å²) in [4.78, 5) is 47.5. The summed E-state index contributed by atoms with van der Waals surface area (Å²) in [7, 11) is 0. The highest BCUT2D eigenvalue weighted by atomic mass is 16.6. The number of ether oxygens (including phenoxy) is 6. The van der Waals surface area contributed by atoms with E-state index in [1.54, 1.807) is 67.6 Å². The van der Waals surface area contributed by atoms with Gasteiger partial charge in [0.2, 0.25) is 0 Å². The maximum Gasteiger partial charge on any atom is 0.343 e. The quantitative estimate of drug-likeness (QED) is 0.0926. The first-order valence-corrected chi connectivity index (χ1v) is 13.4. The van der Waals surface area contributed by atoms with Crippen molar-refractivity contribution < 1.29 is 47.6 Å². The summed E-state index contributed by atoms with van der Waals surface area (Å²) in [6.45, 7) is 9.51. The predicted octanol–water partition coefficient (Wildman–Crippen LogP) is 5.43. The van der Waals surface area contributed by atoms with Crippen LogP contribution in [0, 0.1) is 6.92 Å². The second-order valence-electron chi connectivity index (χ2n) is 8.96. The molecule has 0 aliphatic rings. The summed E-state index contributed by atoms with van der Waals surface area (Å²) in [6, 6.07) is 17.5. The van der Waals surface area contributed by atoms with Gasteiger partial charge in [0.1, 0.15) is 23.0 Å². The third kappa shape index (κ3) is 11.2. The SMILES string of the molecule is C=CC(=O)OCCCOc1ccc(C(=O)Oc2cc(C)cc(OC(=O)c3ccc(OCCCOC(=O)C=C)cc3)c2)cc1. The molecular formula is C33H32O10. The van der Waals surface area contributed by atoms with E-state index in [0.29, 0.717) is 48.7 Å². The Balaban J connectivity index is 1.49. The van der Waals surface area contributed by atoms with E-state index >= 15 is 0 Å². The van der Waals surface area contributed by atoms with Gasteiger partial charge in [0.15, 0.2) is 0 Å². The Kier molecular flexibility index (Phi) is 12.5. The Bertz CT molecular complexity index is 1320. The molecule has 224 valence electrons. The highest BCUT2D eigenvalue weighted by Gasteiger charge is 2.14. The number of aryl methyl sites for hydroxylation is 1. The largest absolute Gasteiger partial charge is 0.493 e. The Morgan fingerprint density at radius 2 is 0.977 bits per heavy atom. The van der Waals surface area contributed by atoms with Gasteiger partial charge in [0, 0.05) is 31.1 Å². The normalized spacial score (nSPS) is 10.2. The van der Waals surface area contributed by atoms with Crippen LogP contribution in [0.5, 0.6) is 23.0 Å². The molecule has 3 aromatic rings. The van der Waals surface area contributed by atoms with Gasteiger partial charge in [-0.1, -0.05) is 13.2 Å². The zero-order valence-corrected chi connectivity index (χ0v) is 23.7.